The molecule has 0 radical (unpaired) electrons. The normalized spacial score (nSPS) is 16.8. The molecular weight excluding hydrogens is 206 g/mol. The number of hydrogen-bond donors (Lipinski definition) is 2. The zero-order chi connectivity index (χ0) is 11.7. The van der Waals surface area contributed by atoms with E-state index in [-0.39, 0.29) is 0 Å². The Hall–Kier alpha value is -1.55. The SMILES string of the molecule is CC(O)c1cccc2c1CN(C(=O)O)CC2. The van der Waals surface area contributed by atoms with Crippen LogP contribution in [0.4, 0.5) is 4.79 Å². The van der Waals surface area contributed by atoms with E-state index in [9.17, 15) is 9.90 Å². The van der Waals surface area contributed by atoms with E-state index < -0.39 is 12.2 Å². The third-order valence-electron chi connectivity index (χ3n) is 3.03. The molecule has 4 heteroatoms. The Bertz CT molecular complexity index is 415. The van der Waals surface area contributed by atoms with Crippen LogP contribution in [0.15, 0.2) is 18.2 Å². The lowest BCUT2D eigenvalue weighted by molar-refractivity contribution is 0.138. The van der Waals surface area contributed by atoms with Crippen molar-refractivity contribution in [1.29, 1.82) is 0 Å². The molecule has 16 heavy (non-hydrogen) atoms. The average Bonchev–Trinajstić information content (AvgIpc) is 2.27. The summed E-state index contributed by atoms with van der Waals surface area (Å²) in [5.74, 6) is 0. The van der Waals surface area contributed by atoms with E-state index in [4.69, 9.17) is 5.11 Å². The van der Waals surface area contributed by atoms with E-state index in [0.29, 0.717) is 13.1 Å². The van der Waals surface area contributed by atoms with Gasteiger partial charge in [-0.25, -0.2) is 4.79 Å². The Morgan fingerprint density at radius 2 is 2.25 bits per heavy atom. The molecule has 1 amide bonds. The highest BCUT2D eigenvalue weighted by atomic mass is 16.4. The summed E-state index contributed by atoms with van der Waals surface area (Å²) in [6.45, 7) is 2.62. The van der Waals surface area contributed by atoms with Gasteiger partial charge in [0.15, 0.2) is 0 Å². The van der Waals surface area contributed by atoms with Crippen molar-refractivity contribution in [2.75, 3.05) is 6.54 Å². The minimum absolute atomic E-state index is 0.381. The minimum Gasteiger partial charge on any atom is -0.465 e. The first kappa shape index (κ1) is 11.0. The van der Waals surface area contributed by atoms with Gasteiger partial charge < -0.3 is 15.1 Å². The second kappa shape index (κ2) is 4.14. The molecule has 1 aliphatic rings. The first-order valence-electron chi connectivity index (χ1n) is 5.36. The molecule has 0 spiro atoms. The Balaban J connectivity index is 2.38. The topological polar surface area (TPSA) is 60.8 Å². The number of rotatable bonds is 1. The van der Waals surface area contributed by atoms with Crippen molar-refractivity contribution in [1.82, 2.24) is 4.90 Å². The number of amides is 1. The van der Waals surface area contributed by atoms with Gasteiger partial charge in [-0.3, -0.25) is 0 Å². The van der Waals surface area contributed by atoms with Gasteiger partial charge in [-0.1, -0.05) is 18.2 Å². The zero-order valence-electron chi connectivity index (χ0n) is 9.18. The van der Waals surface area contributed by atoms with Crippen LogP contribution >= 0.6 is 0 Å². The lowest BCUT2D eigenvalue weighted by Gasteiger charge is -2.28. The molecule has 1 heterocycles. The summed E-state index contributed by atoms with van der Waals surface area (Å²) in [6.07, 6.45) is -0.725. The standard InChI is InChI=1S/C12H15NO3/c1-8(14)10-4-2-3-9-5-6-13(12(15)16)7-11(9)10/h2-4,8,14H,5-7H2,1H3,(H,15,16). The number of nitrogens with zero attached hydrogens (tertiary/aromatic N) is 1. The maximum atomic E-state index is 10.9. The van der Waals surface area contributed by atoms with Crippen molar-refractivity contribution in [3.05, 3.63) is 34.9 Å². The monoisotopic (exact) mass is 221 g/mol. The van der Waals surface area contributed by atoms with Gasteiger partial charge in [0, 0.05) is 13.1 Å². The highest BCUT2D eigenvalue weighted by Gasteiger charge is 2.22. The maximum Gasteiger partial charge on any atom is 0.407 e. The van der Waals surface area contributed by atoms with E-state index in [0.717, 1.165) is 23.1 Å². The molecule has 2 N–H and O–H groups in total. The molecular formula is C12H15NO3. The molecule has 1 aromatic rings. The summed E-state index contributed by atoms with van der Waals surface area (Å²) >= 11 is 0. The summed E-state index contributed by atoms with van der Waals surface area (Å²) in [5, 5.41) is 18.6. The van der Waals surface area contributed by atoms with Crippen molar-refractivity contribution >= 4 is 6.09 Å². The maximum absolute atomic E-state index is 10.9. The number of aliphatic hydroxyl groups excluding tert-OH is 1. The van der Waals surface area contributed by atoms with E-state index >= 15 is 0 Å². The van der Waals surface area contributed by atoms with Crippen LogP contribution in [0, 0.1) is 0 Å². The molecule has 2 rings (SSSR count). The lowest BCUT2D eigenvalue weighted by atomic mass is 9.93. The van der Waals surface area contributed by atoms with Crippen LogP contribution < -0.4 is 0 Å². The van der Waals surface area contributed by atoms with Crippen molar-refractivity contribution in [2.24, 2.45) is 0 Å². The molecule has 4 nitrogen and oxygen atoms in total. The number of carbonyl (C=O) groups is 1. The molecule has 1 unspecified atom stereocenters. The van der Waals surface area contributed by atoms with Crippen LogP contribution in [-0.4, -0.2) is 27.8 Å². The minimum atomic E-state index is -0.897. The Morgan fingerprint density at radius 3 is 2.88 bits per heavy atom. The first-order valence-corrected chi connectivity index (χ1v) is 5.36. The summed E-state index contributed by atoms with van der Waals surface area (Å²) < 4.78 is 0. The molecule has 1 aromatic carbocycles. The van der Waals surface area contributed by atoms with Crippen LogP contribution in [-0.2, 0) is 13.0 Å². The first-order chi connectivity index (χ1) is 7.59. The van der Waals surface area contributed by atoms with Gasteiger partial charge in [-0.05, 0) is 30.0 Å². The number of benzene rings is 1. The van der Waals surface area contributed by atoms with Crippen molar-refractivity contribution in [3.63, 3.8) is 0 Å². The second-order valence-electron chi connectivity index (χ2n) is 4.12. The Kier molecular flexibility index (Phi) is 2.83. The summed E-state index contributed by atoms with van der Waals surface area (Å²) in [5.41, 5.74) is 2.95. The number of aliphatic hydroxyl groups is 1. The van der Waals surface area contributed by atoms with E-state index in [2.05, 4.69) is 0 Å². The van der Waals surface area contributed by atoms with E-state index in [1.165, 1.54) is 4.90 Å². The number of fused-ring (bicyclic) bond motifs is 1. The fourth-order valence-corrected chi connectivity index (χ4v) is 2.16. The number of carboxylic acid groups (broad SMARTS) is 1. The van der Waals surface area contributed by atoms with E-state index in [1.54, 1.807) is 6.92 Å². The predicted molar refractivity (Wildman–Crippen MR) is 59.2 cm³/mol. The van der Waals surface area contributed by atoms with Crippen LogP contribution in [0.1, 0.15) is 29.7 Å². The van der Waals surface area contributed by atoms with E-state index in [1.807, 2.05) is 18.2 Å². The number of hydrogen-bond acceptors (Lipinski definition) is 2. The Labute approximate surface area is 94.1 Å². The van der Waals surface area contributed by atoms with Gasteiger partial charge in [0.1, 0.15) is 0 Å². The third kappa shape index (κ3) is 1.88. The average molecular weight is 221 g/mol. The van der Waals surface area contributed by atoms with Gasteiger partial charge in [-0.2, -0.15) is 0 Å². The van der Waals surface area contributed by atoms with Crippen LogP contribution in [0.2, 0.25) is 0 Å². The van der Waals surface area contributed by atoms with Gasteiger partial charge in [0.25, 0.3) is 0 Å². The molecule has 0 saturated carbocycles. The highest BCUT2D eigenvalue weighted by molar-refractivity contribution is 5.65. The zero-order valence-corrected chi connectivity index (χ0v) is 9.18. The van der Waals surface area contributed by atoms with Crippen LogP contribution in [0.25, 0.3) is 0 Å². The Morgan fingerprint density at radius 1 is 1.50 bits per heavy atom. The molecule has 1 aliphatic heterocycles. The largest absolute Gasteiger partial charge is 0.465 e. The summed E-state index contributed by atoms with van der Waals surface area (Å²) in [6, 6.07) is 5.77. The molecule has 1 atom stereocenters. The molecule has 0 fully saturated rings. The summed E-state index contributed by atoms with van der Waals surface area (Å²) in [4.78, 5) is 12.3. The van der Waals surface area contributed by atoms with Gasteiger partial charge >= 0.3 is 6.09 Å². The fourth-order valence-electron chi connectivity index (χ4n) is 2.16. The second-order valence-corrected chi connectivity index (χ2v) is 4.12. The van der Waals surface area contributed by atoms with Crippen LogP contribution in [0.5, 0.6) is 0 Å². The van der Waals surface area contributed by atoms with Crippen molar-refractivity contribution < 1.29 is 15.0 Å². The highest BCUT2D eigenvalue weighted by Crippen LogP contribution is 2.26. The van der Waals surface area contributed by atoms with Gasteiger partial charge in [0.05, 0.1) is 6.10 Å². The molecule has 0 saturated heterocycles. The molecule has 0 aromatic heterocycles. The lowest BCUT2D eigenvalue weighted by Crippen LogP contribution is -2.35. The van der Waals surface area contributed by atoms with Crippen LogP contribution in [0.3, 0.4) is 0 Å². The van der Waals surface area contributed by atoms with Crippen molar-refractivity contribution in [3.8, 4) is 0 Å². The summed E-state index contributed by atoms with van der Waals surface area (Å²) in [7, 11) is 0. The molecule has 86 valence electrons. The molecule has 0 bridgehead atoms. The predicted octanol–water partition coefficient (Wildman–Crippen LogP) is 1.78. The van der Waals surface area contributed by atoms with Crippen molar-refractivity contribution in [2.45, 2.75) is 26.0 Å². The quantitative estimate of drug-likeness (QED) is 0.759. The third-order valence-corrected chi connectivity index (χ3v) is 3.03. The fraction of sp³-hybridized carbons (Fsp3) is 0.417. The smallest absolute Gasteiger partial charge is 0.407 e. The van der Waals surface area contributed by atoms with Gasteiger partial charge in [0.2, 0.25) is 0 Å². The van der Waals surface area contributed by atoms with Gasteiger partial charge in [-0.15, -0.1) is 0 Å². The molecule has 0 aliphatic carbocycles.